The highest BCUT2D eigenvalue weighted by molar-refractivity contribution is 7.91. The summed E-state index contributed by atoms with van der Waals surface area (Å²) >= 11 is 1.32. The van der Waals surface area contributed by atoms with Crippen LogP contribution in [0.3, 0.4) is 0 Å². The van der Waals surface area contributed by atoms with Crippen LogP contribution in [0, 0.1) is 0 Å². The van der Waals surface area contributed by atoms with Gasteiger partial charge in [0, 0.05) is 26.3 Å². The van der Waals surface area contributed by atoms with Crippen LogP contribution in [0.25, 0.3) is 0 Å². The van der Waals surface area contributed by atoms with Gasteiger partial charge in [0.1, 0.15) is 4.21 Å². The highest BCUT2D eigenvalue weighted by Gasteiger charge is 2.36. The van der Waals surface area contributed by atoms with Gasteiger partial charge in [-0.2, -0.15) is 4.31 Å². The maximum atomic E-state index is 12.4. The Kier molecular flexibility index (Phi) is 3.87. The molecule has 0 amide bonds. The molecule has 2 rings (SSSR count). The average Bonchev–Trinajstić information content (AvgIpc) is 2.71. The molecule has 4 nitrogen and oxygen atoms in total. The molecule has 17 heavy (non-hydrogen) atoms. The lowest BCUT2D eigenvalue weighted by Gasteiger charge is -2.32. The van der Waals surface area contributed by atoms with E-state index in [0.717, 1.165) is 18.4 Å². The first-order valence-corrected chi connectivity index (χ1v) is 7.96. The van der Waals surface area contributed by atoms with Crippen LogP contribution in [0.2, 0.25) is 0 Å². The van der Waals surface area contributed by atoms with Crippen molar-refractivity contribution in [2.75, 3.05) is 20.3 Å². The Balaban J connectivity index is 2.23. The van der Waals surface area contributed by atoms with Crippen LogP contribution in [0.1, 0.15) is 18.9 Å². The van der Waals surface area contributed by atoms with Gasteiger partial charge in [0.15, 0.2) is 0 Å². The summed E-state index contributed by atoms with van der Waals surface area (Å²) < 4.78 is 31.8. The third kappa shape index (κ3) is 2.40. The molecule has 1 unspecified atom stereocenters. The minimum absolute atomic E-state index is 0.0407. The Morgan fingerprint density at radius 1 is 1.59 bits per heavy atom. The summed E-state index contributed by atoms with van der Waals surface area (Å²) in [5, 5.41) is 1.85. The molecule has 0 spiro atoms. The molecule has 0 bridgehead atoms. The molecule has 1 aromatic rings. The predicted molar refractivity (Wildman–Crippen MR) is 67.9 cm³/mol. The number of rotatable bonds is 4. The van der Waals surface area contributed by atoms with E-state index in [1.54, 1.807) is 11.4 Å². The van der Waals surface area contributed by atoms with Gasteiger partial charge in [-0.15, -0.1) is 11.3 Å². The van der Waals surface area contributed by atoms with Crippen LogP contribution >= 0.6 is 11.3 Å². The largest absolute Gasteiger partial charge is 0.385 e. The first-order chi connectivity index (χ1) is 8.07. The summed E-state index contributed by atoms with van der Waals surface area (Å²) in [6.07, 6.45) is 1.55. The second-order valence-electron chi connectivity index (χ2n) is 4.25. The van der Waals surface area contributed by atoms with Crippen molar-refractivity contribution in [1.82, 2.24) is 4.31 Å². The Bertz CT molecular complexity index is 481. The lowest BCUT2D eigenvalue weighted by atomic mass is 10.1. The molecule has 0 saturated heterocycles. The number of hydrogen-bond acceptors (Lipinski definition) is 4. The molecule has 2 heterocycles. The van der Waals surface area contributed by atoms with Gasteiger partial charge in [-0.1, -0.05) is 0 Å². The van der Waals surface area contributed by atoms with E-state index in [2.05, 4.69) is 0 Å². The first kappa shape index (κ1) is 13.0. The highest BCUT2D eigenvalue weighted by atomic mass is 32.2. The van der Waals surface area contributed by atoms with Gasteiger partial charge in [-0.05, 0) is 36.8 Å². The number of methoxy groups -OCH3 is 1. The van der Waals surface area contributed by atoms with Gasteiger partial charge in [-0.25, -0.2) is 8.42 Å². The molecule has 0 radical (unpaired) electrons. The summed E-state index contributed by atoms with van der Waals surface area (Å²) in [4.78, 5) is 0. The summed E-state index contributed by atoms with van der Waals surface area (Å²) in [5.74, 6) is 0. The first-order valence-electron chi connectivity index (χ1n) is 5.64. The van der Waals surface area contributed by atoms with Crippen LogP contribution in [0.5, 0.6) is 0 Å². The van der Waals surface area contributed by atoms with Crippen molar-refractivity contribution in [2.45, 2.75) is 30.0 Å². The fourth-order valence-corrected chi connectivity index (χ4v) is 5.38. The quantitative estimate of drug-likeness (QED) is 0.786. The molecule has 96 valence electrons. The van der Waals surface area contributed by atoms with Crippen molar-refractivity contribution >= 4 is 21.4 Å². The molecular weight excluding hydrogens is 258 g/mol. The Hall–Kier alpha value is -0.430. The van der Waals surface area contributed by atoms with Crippen LogP contribution in [0.4, 0.5) is 0 Å². The molecule has 1 aliphatic rings. The maximum Gasteiger partial charge on any atom is 0.253 e. The number of hydrogen-bond donors (Lipinski definition) is 0. The third-order valence-electron chi connectivity index (χ3n) is 2.98. The Morgan fingerprint density at radius 3 is 3.06 bits per heavy atom. The SMILES string of the molecule is COCCCN1C(C)Cc2ccsc2S1(=O)=O. The molecule has 1 aromatic heterocycles. The number of ether oxygens (including phenoxy) is 1. The monoisotopic (exact) mass is 275 g/mol. The van der Waals surface area contributed by atoms with Crippen LogP contribution < -0.4 is 0 Å². The number of fused-ring (bicyclic) bond motifs is 1. The van der Waals surface area contributed by atoms with E-state index in [-0.39, 0.29) is 6.04 Å². The molecule has 1 atom stereocenters. The van der Waals surface area contributed by atoms with Gasteiger partial charge in [0.05, 0.1) is 0 Å². The molecule has 0 aliphatic carbocycles. The van der Waals surface area contributed by atoms with E-state index < -0.39 is 10.0 Å². The van der Waals surface area contributed by atoms with Gasteiger partial charge in [-0.3, -0.25) is 0 Å². The standard InChI is InChI=1S/C11H17NO3S2/c1-9-8-10-4-7-16-11(10)17(13,14)12(9)5-3-6-15-2/h4,7,9H,3,5-6,8H2,1-2H3. The number of nitrogens with zero attached hydrogens (tertiary/aromatic N) is 1. The van der Waals surface area contributed by atoms with Gasteiger partial charge < -0.3 is 4.74 Å². The molecule has 0 aromatic carbocycles. The van der Waals surface area contributed by atoms with Gasteiger partial charge >= 0.3 is 0 Å². The zero-order valence-electron chi connectivity index (χ0n) is 10.0. The molecule has 1 aliphatic heterocycles. The second kappa shape index (κ2) is 5.06. The molecule has 0 saturated carbocycles. The third-order valence-corrected chi connectivity index (χ3v) is 6.54. The van der Waals surface area contributed by atoms with Crippen molar-refractivity contribution in [3.8, 4) is 0 Å². The lowest BCUT2D eigenvalue weighted by molar-refractivity contribution is 0.182. The van der Waals surface area contributed by atoms with Crippen molar-refractivity contribution in [1.29, 1.82) is 0 Å². The van der Waals surface area contributed by atoms with Crippen molar-refractivity contribution in [3.05, 3.63) is 17.0 Å². The van der Waals surface area contributed by atoms with Gasteiger partial charge in [0.25, 0.3) is 10.0 Å². The zero-order chi connectivity index (χ0) is 12.5. The summed E-state index contributed by atoms with van der Waals surface area (Å²) in [6.45, 7) is 3.09. The highest BCUT2D eigenvalue weighted by Crippen LogP contribution is 2.33. The predicted octanol–water partition coefficient (Wildman–Crippen LogP) is 1.72. The van der Waals surface area contributed by atoms with Crippen molar-refractivity contribution in [2.24, 2.45) is 0 Å². The van der Waals surface area contributed by atoms with E-state index in [1.165, 1.54) is 11.3 Å². The van der Waals surface area contributed by atoms with E-state index in [1.807, 2.05) is 18.4 Å². The summed E-state index contributed by atoms with van der Waals surface area (Å²) in [6, 6.07) is 1.96. The Labute approximate surface area is 106 Å². The minimum atomic E-state index is -3.27. The lowest BCUT2D eigenvalue weighted by Crippen LogP contribution is -2.43. The van der Waals surface area contributed by atoms with Crippen molar-refractivity contribution in [3.63, 3.8) is 0 Å². The molecule has 6 heteroatoms. The molecule has 0 fully saturated rings. The topological polar surface area (TPSA) is 46.6 Å². The van der Waals surface area contributed by atoms with Crippen LogP contribution in [-0.2, 0) is 21.2 Å². The minimum Gasteiger partial charge on any atom is -0.385 e. The smallest absolute Gasteiger partial charge is 0.253 e. The molecular formula is C11H17NO3S2. The van der Waals surface area contributed by atoms with E-state index in [4.69, 9.17) is 4.74 Å². The zero-order valence-corrected chi connectivity index (χ0v) is 11.7. The molecule has 0 N–H and O–H groups in total. The van der Waals surface area contributed by atoms with Crippen LogP contribution in [0.15, 0.2) is 15.7 Å². The maximum absolute atomic E-state index is 12.4. The average molecular weight is 275 g/mol. The Morgan fingerprint density at radius 2 is 2.35 bits per heavy atom. The fraction of sp³-hybridized carbons (Fsp3) is 0.636. The van der Waals surface area contributed by atoms with E-state index in [9.17, 15) is 8.42 Å². The second-order valence-corrected chi connectivity index (χ2v) is 7.25. The van der Waals surface area contributed by atoms with Gasteiger partial charge in [0.2, 0.25) is 0 Å². The fourth-order valence-electron chi connectivity index (χ4n) is 2.17. The number of sulfonamides is 1. The summed E-state index contributed by atoms with van der Waals surface area (Å²) in [5.41, 5.74) is 0.963. The summed E-state index contributed by atoms with van der Waals surface area (Å²) in [7, 11) is -1.64. The van der Waals surface area contributed by atoms with Crippen molar-refractivity contribution < 1.29 is 13.2 Å². The van der Waals surface area contributed by atoms with E-state index >= 15 is 0 Å². The van der Waals surface area contributed by atoms with Crippen LogP contribution in [-0.4, -0.2) is 39.0 Å². The normalized spacial score (nSPS) is 23.5. The number of thiophene rings is 1. The van der Waals surface area contributed by atoms with E-state index in [0.29, 0.717) is 17.4 Å².